The van der Waals surface area contributed by atoms with Gasteiger partial charge in [-0.25, -0.2) is 13.9 Å². The largest absolute Gasteiger partial charge is 0.462 e. The molecule has 4 nitrogen and oxygen atoms in total. The molecule has 0 saturated carbocycles. The van der Waals surface area contributed by atoms with Crippen molar-refractivity contribution < 1.29 is 9.13 Å². The topological polar surface area (TPSA) is 42.3 Å². The Morgan fingerprint density at radius 1 is 1.28 bits per heavy atom. The van der Waals surface area contributed by atoms with Crippen LogP contribution in [0.15, 0.2) is 60.8 Å². The number of fused-ring (bicyclic) bond motifs is 3. The van der Waals surface area contributed by atoms with E-state index in [1.165, 1.54) is 13.0 Å². The Labute approximate surface area is 145 Å². The van der Waals surface area contributed by atoms with E-state index in [-0.39, 0.29) is 5.83 Å². The van der Waals surface area contributed by atoms with E-state index in [1.54, 1.807) is 24.3 Å². The van der Waals surface area contributed by atoms with E-state index in [0.717, 1.165) is 27.8 Å². The highest BCUT2D eigenvalue weighted by Crippen LogP contribution is 2.28. The van der Waals surface area contributed by atoms with Gasteiger partial charge in [0.25, 0.3) is 0 Å². The zero-order chi connectivity index (χ0) is 18.0. The first kappa shape index (κ1) is 16.8. The fourth-order valence-corrected chi connectivity index (χ4v) is 2.70. The van der Waals surface area contributed by atoms with Gasteiger partial charge in [-0.15, -0.1) is 0 Å². The summed E-state index contributed by atoms with van der Waals surface area (Å²) in [7, 11) is 0. The summed E-state index contributed by atoms with van der Waals surface area (Å²) in [6.45, 7) is 9.08. The number of hydrogen-bond acceptors (Lipinski definition) is 2. The Hall–Kier alpha value is -3.08. The molecule has 25 heavy (non-hydrogen) atoms. The molecule has 0 aliphatic heterocycles. The van der Waals surface area contributed by atoms with Gasteiger partial charge in [0.2, 0.25) is 0 Å². The van der Waals surface area contributed by atoms with Crippen LogP contribution in [-0.2, 0) is 0 Å². The van der Waals surface area contributed by atoms with Crippen molar-refractivity contribution in [1.82, 2.24) is 14.6 Å². The minimum atomic E-state index is -0.237. The van der Waals surface area contributed by atoms with E-state index in [9.17, 15) is 4.39 Å². The van der Waals surface area contributed by atoms with Crippen LogP contribution >= 0.6 is 0 Å². The van der Waals surface area contributed by atoms with Gasteiger partial charge in [0.1, 0.15) is 11.5 Å². The molecular weight excluding hydrogens is 317 g/mol. The molecule has 0 saturated heterocycles. The smallest absolute Gasteiger partial charge is 0.161 e. The summed E-state index contributed by atoms with van der Waals surface area (Å²) in [5, 5.41) is 3.19. The van der Waals surface area contributed by atoms with Gasteiger partial charge in [-0.2, -0.15) is 0 Å². The lowest BCUT2D eigenvalue weighted by Gasteiger charge is -2.07. The summed E-state index contributed by atoms with van der Waals surface area (Å²) in [6, 6.07) is 3.88. The molecule has 0 aliphatic rings. The van der Waals surface area contributed by atoms with Gasteiger partial charge in [0.05, 0.1) is 16.9 Å². The van der Waals surface area contributed by atoms with Crippen molar-refractivity contribution in [3.63, 3.8) is 0 Å². The van der Waals surface area contributed by atoms with Crippen molar-refractivity contribution in [2.75, 3.05) is 0 Å². The number of allylic oxidation sites excluding steroid dienone is 6. The fraction of sp³-hybridized carbons (Fsp3) is 0.150. The van der Waals surface area contributed by atoms with Crippen molar-refractivity contribution in [2.24, 2.45) is 0 Å². The molecular formula is C20H20FN3O. The second-order valence-corrected chi connectivity index (χ2v) is 5.83. The molecule has 2 aromatic heterocycles. The van der Waals surface area contributed by atoms with E-state index >= 15 is 0 Å². The van der Waals surface area contributed by atoms with Crippen molar-refractivity contribution in [2.45, 2.75) is 20.8 Å². The van der Waals surface area contributed by atoms with Crippen molar-refractivity contribution in [3.05, 3.63) is 71.9 Å². The molecule has 3 aromatic rings. The molecule has 0 amide bonds. The number of aromatic amines is 1. The van der Waals surface area contributed by atoms with Crippen LogP contribution < -0.4 is 4.74 Å². The summed E-state index contributed by atoms with van der Waals surface area (Å²) in [5.41, 5.74) is 4.71. The maximum Gasteiger partial charge on any atom is 0.161 e. The zero-order valence-corrected chi connectivity index (χ0v) is 14.5. The van der Waals surface area contributed by atoms with E-state index < -0.39 is 0 Å². The third-order valence-electron chi connectivity index (χ3n) is 3.79. The lowest BCUT2D eigenvalue weighted by atomic mass is 10.2. The SMILES string of the molecule is C=Cc1c[nH]n2c1nc1cc(O/C(C)=C/C=C\C=C(/C)F)cc(C)c12. The highest BCUT2D eigenvalue weighted by molar-refractivity contribution is 5.86. The molecule has 1 aromatic carbocycles. The summed E-state index contributed by atoms with van der Waals surface area (Å²) >= 11 is 0. The standard InChI is InChI=1S/C20H20FN3O/c1-5-16-12-22-24-19-13(2)10-17(11-18(19)23-20(16)24)25-15(4)9-7-6-8-14(3)21/h5-12,22H,1H2,2-4H3/b7-6-,14-8+,15-9+. The predicted molar refractivity (Wildman–Crippen MR) is 100 cm³/mol. The third kappa shape index (κ3) is 3.40. The molecule has 0 bridgehead atoms. The van der Waals surface area contributed by atoms with E-state index in [2.05, 4.69) is 16.7 Å². The Balaban J connectivity index is 1.93. The van der Waals surface area contributed by atoms with Crippen LogP contribution in [0.25, 0.3) is 22.8 Å². The summed E-state index contributed by atoms with van der Waals surface area (Å²) in [6.07, 6.45) is 10.2. The molecule has 2 heterocycles. The number of aromatic nitrogens is 3. The number of imidazole rings is 1. The molecule has 0 aliphatic carbocycles. The van der Waals surface area contributed by atoms with Crippen LogP contribution in [-0.4, -0.2) is 14.6 Å². The monoisotopic (exact) mass is 337 g/mol. The van der Waals surface area contributed by atoms with Crippen molar-refractivity contribution >= 4 is 22.8 Å². The van der Waals surface area contributed by atoms with Gasteiger partial charge in [0, 0.05) is 17.8 Å². The number of rotatable bonds is 5. The van der Waals surface area contributed by atoms with E-state index in [1.807, 2.05) is 36.7 Å². The number of nitrogens with one attached hydrogen (secondary N) is 1. The lowest BCUT2D eigenvalue weighted by Crippen LogP contribution is -1.92. The number of ether oxygens (including phenoxy) is 1. The summed E-state index contributed by atoms with van der Waals surface area (Å²) < 4.78 is 20.4. The minimum absolute atomic E-state index is 0.237. The Morgan fingerprint density at radius 2 is 2.04 bits per heavy atom. The highest BCUT2D eigenvalue weighted by Gasteiger charge is 2.12. The average Bonchev–Trinajstić information content (AvgIpc) is 3.09. The van der Waals surface area contributed by atoms with Crippen LogP contribution in [0.4, 0.5) is 4.39 Å². The number of H-pyrrole nitrogens is 1. The molecule has 0 fully saturated rings. The van der Waals surface area contributed by atoms with Crippen LogP contribution in [0.5, 0.6) is 5.75 Å². The molecule has 1 N–H and O–H groups in total. The second kappa shape index (κ2) is 6.81. The molecule has 3 rings (SSSR count). The van der Waals surface area contributed by atoms with Gasteiger partial charge in [-0.05, 0) is 44.6 Å². The number of benzene rings is 1. The molecule has 0 unspecified atom stereocenters. The first-order valence-electron chi connectivity index (χ1n) is 7.97. The highest BCUT2D eigenvalue weighted by atomic mass is 19.1. The van der Waals surface area contributed by atoms with Crippen molar-refractivity contribution in [1.29, 1.82) is 0 Å². The van der Waals surface area contributed by atoms with Gasteiger partial charge >= 0.3 is 0 Å². The lowest BCUT2D eigenvalue weighted by molar-refractivity contribution is 0.428. The van der Waals surface area contributed by atoms with Gasteiger partial charge in [0.15, 0.2) is 5.65 Å². The Morgan fingerprint density at radius 3 is 2.76 bits per heavy atom. The molecule has 5 heteroatoms. The number of hydrogen-bond donors (Lipinski definition) is 1. The zero-order valence-electron chi connectivity index (χ0n) is 14.5. The quantitative estimate of drug-likeness (QED) is 0.495. The summed E-state index contributed by atoms with van der Waals surface area (Å²) in [4.78, 5) is 4.67. The second-order valence-electron chi connectivity index (χ2n) is 5.83. The van der Waals surface area contributed by atoms with Gasteiger partial charge in [-0.3, -0.25) is 5.10 Å². The first-order chi connectivity index (χ1) is 12.0. The third-order valence-corrected chi connectivity index (χ3v) is 3.79. The Bertz CT molecular complexity index is 1030. The summed E-state index contributed by atoms with van der Waals surface area (Å²) in [5.74, 6) is 1.18. The maximum absolute atomic E-state index is 12.6. The van der Waals surface area contributed by atoms with E-state index in [4.69, 9.17) is 4.74 Å². The number of halogens is 1. The van der Waals surface area contributed by atoms with Crippen LogP contribution in [0.1, 0.15) is 25.0 Å². The fourth-order valence-electron chi connectivity index (χ4n) is 2.70. The van der Waals surface area contributed by atoms with Crippen LogP contribution in [0, 0.1) is 6.92 Å². The van der Waals surface area contributed by atoms with Gasteiger partial charge < -0.3 is 4.74 Å². The normalized spacial score (nSPS) is 13.3. The Kier molecular flexibility index (Phi) is 4.57. The molecule has 128 valence electrons. The van der Waals surface area contributed by atoms with E-state index in [0.29, 0.717) is 11.5 Å². The average molecular weight is 337 g/mol. The molecule has 0 radical (unpaired) electrons. The van der Waals surface area contributed by atoms with Gasteiger partial charge in [-0.1, -0.05) is 24.8 Å². The van der Waals surface area contributed by atoms with Crippen molar-refractivity contribution in [3.8, 4) is 5.75 Å². The molecule has 0 atom stereocenters. The first-order valence-corrected chi connectivity index (χ1v) is 7.97. The van der Waals surface area contributed by atoms with Crippen LogP contribution in [0.2, 0.25) is 0 Å². The number of nitrogens with zero attached hydrogens (tertiary/aromatic N) is 2. The van der Waals surface area contributed by atoms with Crippen LogP contribution in [0.3, 0.4) is 0 Å². The predicted octanol–water partition coefficient (Wildman–Crippen LogP) is 5.48. The number of aryl methyl sites for hydroxylation is 1. The molecule has 0 spiro atoms. The minimum Gasteiger partial charge on any atom is -0.462 e. The maximum atomic E-state index is 12.6.